The van der Waals surface area contributed by atoms with Gasteiger partial charge in [0.25, 0.3) is 0 Å². The normalized spacial score (nSPS) is 12.2. The van der Waals surface area contributed by atoms with E-state index in [9.17, 15) is 0 Å². The van der Waals surface area contributed by atoms with E-state index < -0.39 is 0 Å². The fourth-order valence-corrected chi connectivity index (χ4v) is 3.14. The molecule has 0 saturated carbocycles. The van der Waals surface area contributed by atoms with Crippen molar-refractivity contribution in [2.24, 2.45) is 0 Å². The van der Waals surface area contributed by atoms with Crippen LogP contribution in [0, 0.1) is 0 Å². The third-order valence-electron chi connectivity index (χ3n) is 5.02. The molecule has 0 spiro atoms. The van der Waals surface area contributed by atoms with Crippen LogP contribution in [0.3, 0.4) is 0 Å². The Morgan fingerprint density at radius 2 is 0.875 bits per heavy atom. The summed E-state index contributed by atoms with van der Waals surface area (Å²) in [6.45, 7) is 8.96. The van der Waals surface area contributed by atoms with Crippen LogP contribution in [-0.2, 0) is 10.8 Å². The van der Waals surface area contributed by atoms with Gasteiger partial charge in [-0.1, -0.05) is 94.4 Å². The predicted octanol–water partition coefficient (Wildman–Crippen LogP) is 5.73. The molecule has 0 fully saturated rings. The highest BCUT2D eigenvalue weighted by Gasteiger charge is 2.29. The molecule has 0 aliphatic heterocycles. The van der Waals surface area contributed by atoms with Crippen molar-refractivity contribution in [3.8, 4) is 0 Å². The van der Waals surface area contributed by atoms with E-state index in [2.05, 4.69) is 107 Å². The minimum absolute atomic E-state index is 0.121. The lowest BCUT2D eigenvalue weighted by Gasteiger charge is -2.29. The van der Waals surface area contributed by atoms with Gasteiger partial charge in [0.15, 0.2) is 0 Å². The lowest BCUT2D eigenvalue weighted by molar-refractivity contribution is 0.576. The maximum absolute atomic E-state index is 5.07. The number of rotatable bonds is 4. The highest BCUT2D eigenvalue weighted by atomic mass is 14.8. The summed E-state index contributed by atoms with van der Waals surface area (Å²) in [7, 11) is 0. The van der Waals surface area contributed by atoms with Crippen molar-refractivity contribution in [2.45, 2.75) is 38.5 Å². The Hall–Kier alpha value is -2.41. The number of hydrogen-bond acceptors (Lipinski definition) is 1. The monoisotopic (exact) mass is 315 g/mol. The average Bonchev–Trinajstić information content (AvgIpc) is 2.63. The summed E-state index contributed by atoms with van der Waals surface area (Å²) in [5.74, 6) is 0. The maximum atomic E-state index is 5.07. The van der Waals surface area contributed by atoms with E-state index in [1.807, 2.05) is 0 Å². The van der Waals surface area contributed by atoms with Gasteiger partial charge in [-0.2, -0.15) is 0 Å². The third kappa shape index (κ3) is 2.99. The molecule has 1 aromatic heterocycles. The van der Waals surface area contributed by atoms with Gasteiger partial charge in [-0.25, -0.2) is 0 Å². The van der Waals surface area contributed by atoms with Crippen molar-refractivity contribution in [2.75, 3.05) is 0 Å². The zero-order chi connectivity index (χ0) is 17.2. The van der Waals surface area contributed by atoms with Gasteiger partial charge in [-0.15, -0.1) is 0 Å². The Bertz CT molecular complexity index is 735. The Morgan fingerprint density at radius 1 is 0.500 bits per heavy atom. The molecule has 0 bridgehead atoms. The molecule has 1 heteroatoms. The molecular weight excluding hydrogens is 290 g/mol. The number of hydrogen-bond donors (Lipinski definition) is 0. The molecule has 1 heterocycles. The first kappa shape index (κ1) is 16.4. The summed E-state index contributed by atoms with van der Waals surface area (Å²) in [6, 6.07) is 27.6. The van der Waals surface area contributed by atoms with Crippen LogP contribution in [0.4, 0.5) is 0 Å². The van der Waals surface area contributed by atoms with E-state index in [0.717, 1.165) is 11.4 Å². The smallest absolute Gasteiger partial charge is 0.0507 e. The van der Waals surface area contributed by atoms with Crippen LogP contribution in [0.1, 0.15) is 50.2 Å². The molecule has 0 atom stereocenters. The summed E-state index contributed by atoms with van der Waals surface area (Å²) in [4.78, 5) is 5.07. The van der Waals surface area contributed by atoms with Crippen molar-refractivity contribution in [3.63, 3.8) is 0 Å². The second-order valence-electron chi connectivity index (χ2n) is 7.39. The Balaban J connectivity index is 2.04. The number of benzene rings is 2. The fraction of sp³-hybridized carbons (Fsp3) is 0.261. The molecule has 3 aromatic rings. The first-order valence-electron chi connectivity index (χ1n) is 8.51. The Morgan fingerprint density at radius 3 is 1.25 bits per heavy atom. The fourth-order valence-electron chi connectivity index (χ4n) is 3.14. The molecule has 122 valence electrons. The molecule has 3 rings (SSSR count). The topological polar surface area (TPSA) is 12.9 Å². The first-order chi connectivity index (χ1) is 11.4. The van der Waals surface area contributed by atoms with Gasteiger partial charge >= 0.3 is 0 Å². The molecule has 0 N–H and O–H groups in total. The second kappa shape index (κ2) is 6.24. The predicted molar refractivity (Wildman–Crippen MR) is 101 cm³/mol. The second-order valence-corrected chi connectivity index (χ2v) is 7.39. The van der Waals surface area contributed by atoms with Gasteiger partial charge in [-0.3, -0.25) is 4.98 Å². The molecule has 24 heavy (non-hydrogen) atoms. The van der Waals surface area contributed by atoms with Gasteiger partial charge in [-0.05, 0) is 23.3 Å². The maximum Gasteiger partial charge on any atom is 0.0507 e. The summed E-state index contributed by atoms with van der Waals surface area (Å²) in [5, 5.41) is 0. The van der Waals surface area contributed by atoms with Crippen LogP contribution in [0.2, 0.25) is 0 Å². The van der Waals surface area contributed by atoms with E-state index in [-0.39, 0.29) is 10.8 Å². The summed E-state index contributed by atoms with van der Waals surface area (Å²) in [6.07, 6.45) is 0. The zero-order valence-corrected chi connectivity index (χ0v) is 15.0. The van der Waals surface area contributed by atoms with Gasteiger partial charge in [0.05, 0.1) is 11.4 Å². The van der Waals surface area contributed by atoms with Crippen LogP contribution in [0.25, 0.3) is 0 Å². The standard InChI is InChI=1S/C23H25N/c1-22(2,18-12-7-5-8-13-18)20-16-11-17-21(24-20)23(3,4)19-14-9-6-10-15-19/h5-17H,1-4H3. The van der Waals surface area contributed by atoms with Crippen LogP contribution in [0.15, 0.2) is 78.9 Å². The van der Waals surface area contributed by atoms with Gasteiger partial charge in [0.2, 0.25) is 0 Å². The van der Waals surface area contributed by atoms with E-state index in [1.165, 1.54) is 11.1 Å². The van der Waals surface area contributed by atoms with Crippen molar-refractivity contribution in [1.29, 1.82) is 0 Å². The molecule has 0 saturated heterocycles. The van der Waals surface area contributed by atoms with Crippen LogP contribution in [0.5, 0.6) is 0 Å². The minimum atomic E-state index is -0.121. The third-order valence-corrected chi connectivity index (χ3v) is 5.02. The van der Waals surface area contributed by atoms with Crippen molar-refractivity contribution >= 4 is 0 Å². The van der Waals surface area contributed by atoms with Gasteiger partial charge < -0.3 is 0 Å². The minimum Gasteiger partial charge on any atom is -0.256 e. The van der Waals surface area contributed by atoms with Crippen molar-refractivity contribution in [3.05, 3.63) is 101 Å². The largest absolute Gasteiger partial charge is 0.256 e. The molecule has 0 unspecified atom stereocenters. The van der Waals surface area contributed by atoms with E-state index in [1.54, 1.807) is 0 Å². The van der Waals surface area contributed by atoms with Crippen LogP contribution in [-0.4, -0.2) is 4.98 Å². The SMILES string of the molecule is CC(C)(c1ccccc1)c1cccc(C(C)(C)c2ccccc2)n1. The lowest BCUT2D eigenvalue weighted by atomic mass is 9.78. The number of aromatic nitrogens is 1. The quantitative estimate of drug-likeness (QED) is 0.599. The molecular formula is C23H25N. The Labute approximate surface area is 145 Å². The molecule has 2 aromatic carbocycles. The number of nitrogens with zero attached hydrogens (tertiary/aromatic N) is 1. The first-order valence-corrected chi connectivity index (χ1v) is 8.51. The van der Waals surface area contributed by atoms with E-state index in [0.29, 0.717) is 0 Å². The van der Waals surface area contributed by atoms with Gasteiger partial charge in [0.1, 0.15) is 0 Å². The van der Waals surface area contributed by atoms with Gasteiger partial charge in [0, 0.05) is 10.8 Å². The molecule has 0 amide bonds. The van der Waals surface area contributed by atoms with E-state index in [4.69, 9.17) is 4.98 Å². The van der Waals surface area contributed by atoms with Crippen LogP contribution < -0.4 is 0 Å². The summed E-state index contributed by atoms with van der Waals surface area (Å²) in [5.41, 5.74) is 4.54. The van der Waals surface area contributed by atoms with E-state index >= 15 is 0 Å². The highest BCUT2D eigenvalue weighted by molar-refractivity contribution is 5.38. The summed E-state index contributed by atoms with van der Waals surface area (Å²) >= 11 is 0. The molecule has 1 nitrogen and oxygen atoms in total. The number of pyridine rings is 1. The summed E-state index contributed by atoms with van der Waals surface area (Å²) < 4.78 is 0. The molecule has 0 radical (unpaired) electrons. The average molecular weight is 315 g/mol. The molecule has 0 aliphatic rings. The Kier molecular flexibility index (Phi) is 4.28. The lowest BCUT2D eigenvalue weighted by Crippen LogP contribution is -2.25. The van der Waals surface area contributed by atoms with Crippen LogP contribution >= 0.6 is 0 Å². The zero-order valence-electron chi connectivity index (χ0n) is 15.0. The van der Waals surface area contributed by atoms with Crippen molar-refractivity contribution in [1.82, 2.24) is 4.98 Å². The highest BCUT2D eigenvalue weighted by Crippen LogP contribution is 2.34. The molecule has 0 aliphatic carbocycles. The van der Waals surface area contributed by atoms with Crippen molar-refractivity contribution < 1.29 is 0 Å².